The molecule has 0 radical (unpaired) electrons. The normalized spacial score (nSPS) is 16.7. The van der Waals surface area contributed by atoms with Crippen LogP contribution in [0, 0.1) is 0 Å². The highest BCUT2D eigenvalue weighted by molar-refractivity contribution is 5.96. The van der Waals surface area contributed by atoms with E-state index in [1.165, 1.54) is 0 Å². The number of nitrogens with zero attached hydrogens (tertiary/aromatic N) is 4. The Hall–Kier alpha value is -3.85. The van der Waals surface area contributed by atoms with Gasteiger partial charge in [-0.1, -0.05) is 0 Å². The van der Waals surface area contributed by atoms with E-state index in [0.717, 1.165) is 79.1 Å². The monoisotopic (exact) mass is 471 g/mol. The number of hydrogen-bond acceptors (Lipinski definition) is 6. The van der Waals surface area contributed by atoms with E-state index >= 15 is 0 Å². The molecule has 4 heterocycles. The van der Waals surface area contributed by atoms with Gasteiger partial charge in [0.2, 0.25) is 0 Å². The summed E-state index contributed by atoms with van der Waals surface area (Å²) in [6.07, 6.45) is 5.82. The molecule has 0 atom stereocenters. The second kappa shape index (κ2) is 8.74. The minimum atomic E-state index is -0.151. The van der Waals surface area contributed by atoms with Crippen LogP contribution in [0.1, 0.15) is 28.8 Å². The first kappa shape index (κ1) is 21.7. The lowest BCUT2D eigenvalue weighted by Crippen LogP contribution is -2.46. The predicted molar refractivity (Wildman–Crippen MR) is 137 cm³/mol. The van der Waals surface area contributed by atoms with Gasteiger partial charge in [-0.3, -0.25) is 19.1 Å². The number of anilines is 2. The predicted octanol–water partition coefficient (Wildman–Crippen LogP) is 2.43. The lowest BCUT2D eigenvalue weighted by Gasteiger charge is -2.37. The molecule has 3 N–H and O–H groups in total. The molecular formula is C26H29N7O2. The van der Waals surface area contributed by atoms with Gasteiger partial charge in [-0.15, -0.1) is 0 Å². The van der Waals surface area contributed by atoms with E-state index in [-0.39, 0.29) is 11.6 Å². The molecule has 2 fully saturated rings. The fraction of sp³-hybridized carbons (Fsp3) is 0.346. The maximum Gasteiger partial charge on any atom is 0.330 e. The molecule has 4 aromatic rings. The summed E-state index contributed by atoms with van der Waals surface area (Å²) in [5.74, 6) is 0.00316. The Bertz CT molecular complexity index is 1460. The Kier molecular flexibility index (Phi) is 5.41. The second-order valence-electron chi connectivity index (χ2n) is 9.43. The van der Waals surface area contributed by atoms with E-state index in [1.807, 2.05) is 43.6 Å². The number of benzene rings is 1. The molecule has 1 saturated heterocycles. The molecule has 1 aliphatic carbocycles. The van der Waals surface area contributed by atoms with Crippen molar-refractivity contribution in [1.29, 1.82) is 0 Å². The summed E-state index contributed by atoms with van der Waals surface area (Å²) in [7, 11) is 1.90. The number of H-pyrrole nitrogens is 1. The Labute approximate surface area is 202 Å². The molecule has 1 saturated carbocycles. The fourth-order valence-electron chi connectivity index (χ4n) is 4.88. The molecule has 0 unspecified atom stereocenters. The van der Waals surface area contributed by atoms with Crippen molar-refractivity contribution in [3.05, 3.63) is 70.4 Å². The number of nitrogens with one attached hydrogen (secondary N) is 3. The van der Waals surface area contributed by atoms with Crippen LogP contribution in [0.5, 0.6) is 0 Å². The second-order valence-corrected chi connectivity index (χ2v) is 9.43. The van der Waals surface area contributed by atoms with Gasteiger partial charge in [-0.05, 0) is 54.8 Å². The number of carbonyl (C=O) groups is 1. The standard InChI is InChI=1S/C26H29N7O2/c1-27-20-14-18(25(34)29-19-5-6-19)4-7-22(20)32-11-9-31(10-12-32)16-17-13-21-24(28-15-17)23-3-2-8-33(23)26(35)30-21/h2-4,7-8,13-15,19,27H,5-6,9-12,16H2,1H3,(H,29,34)(H,30,35). The van der Waals surface area contributed by atoms with Crippen LogP contribution in [-0.4, -0.2) is 64.4 Å². The molecule has 0 bridgehead atoms. The Morgan fingerprint density at radius 2 is 1.97 bits per heavy atom. The number of hydrogen-bond donors (Lipinski definition) is 3. The van der Waals surface area contributed by atoms with Crippen molar-refractivity contribution >= 4 is 33.8 Å². The molecule has 1 aliphatic heterocycles. The number of piperazine rings is 1. The van der Waals surface area contributed by atoms with Crippen molar-refractivity contribution in [3.8, 4) is 0 Å². The zero-order chi connectivity index (χ0) is 23.9. The van der Waals surface area contributed by atoms with E-state index in [4.69, 9.17) is 0 Å². The molecule has 2 aliphatic rings. The lowest BCUT2D eigenvalue weighted by atomic mass is 10.1. The van der Waals surface area contributed by atoms with Crippen LogP contribution in [0.25, 0.3) is 16.6 Å². The molecule has 35 heavy (non-hydrogen) atoms. The van der Waals surface area contributed by atoms with Crippen LogP contribution < -0.4 is 21.2 Å². The van der Waals surface area contributed by atoms with Crippen molar-refractivity contribution in [1.82, 2.24) is 24.6 Å². The van der Waals surface area contributed by atoms with E-state index in [9.17, 15) is 9.59 Å². The number of rotatable bonds is 6. The largest absolute Gasteiger partial charge is 0.386 e. The molecule has 9 heteroatoms. The number of fused-ring (bicyclic) bond motifs is 3. The molecule has 9 nitrogen and oxygen atoms in total. The molecule has 3 aromatic heterocycles. The molecule has 0 spiro atoms. The van der Waals surface area contributed by atoms with Gasteiger partial charge in [0, 0.05) is 63.8 Å². The minimum Gasteiger partial charge on any atom is -0.386 e. The van der Waals surface area contributed by atoms with Gasteiger partial charge in [0.1, 0.15) is 5.52 Å². The minimum absolute atomic E-state index is 0.00316. The lowest BCUT2D eigenvalue weighted by molar-refractivity contribution is 0.0951. The number of carbonyl (C=O) groups excluding carboxylic acids is 1. The van der Waals surface area contributed by atoms with Crippen LogP contribution >= 0.6 is 0 Å². The first-order valence-electron chi connectivity index (χ1n) is 12.2. The van der Waals surface area contributed by atoms with Crippen molar-refractivity contribution < 1.29 is 4.79 Å². The Morgan fingerprint density at radius 3 is 2.74 bits per heavy atom. The third-order valence-electron chi connectivity index (χ3n) is 6.96. The van der Waals surface area contributed by atoms with Gasteiger partial charge in [0.15, 0.2) is 0 Å². The van der Waals surface area contributed by atoms with E-state index in [2.05, 4.69) is 36.5 Å². The van der Waals surface area contributed by atoms with Gasteiger partial charge in [-0.25, -0.2) is 4.79 Å². The highest BCUT2D eigenvalue weighted by atomic mass is 16.2. The van der Waals surface area contributed by atoms with Crippen molar-refractivity contribution in [2.24, 2.45) is 0 Å². The zero-order valence-electron chi connectivity index (χ0n) is 19.8. The molecule has 1 aromatic carbocycles. The molecular weight excluding hydrogens is 442 g/mol. The van der Waals surface area contributed by atoms with E-state index < -0.39 is 0 Å². The summed E-state index contributed by atoms with van der Waals surface area (Å²) >= 11 is 0. The summed E-state index contributed by atoms with van der Waals surface area (Å²) in [6.45, 7) is 4.40. The van der Waals surface area contributed by atoms with E-state index in [0.29, 0.717) is 11.6 Å². The highest BCUT2D eigenvalue weighted by Gasteiger charge is 2.25. The molecule has 6 rings (SSSR count). The van der Waals surface area contributed by atoms with Crippen LogP contribution in [0.15, 0.2) is 53.6 Å². The summed E-state index contributed by atoms with van der Waals surface area (Å²) in [5.41, 5.74) is 6.11. The maximum absolute atomic E-state index is 12.4. The zero-order valence-corrected chi connectivity index (χ0v) is 19.8. The molecule has 180 valence electrons. The first-order chi connectivity index (χ1) is 17.1. The van der Waals surface area contributed by atoms with Crippen molar-refractivity contribution in [2.75, 3.05) is 43.4 Å². The van der Waals surface area contributed by atoms with Gasteiger partial charge >= 0.3 is 5.69 Å². The van der Waals surface area contributed by atoms with Crippen molar-refractivity contribution in [3.63, 3.8) is 0 Å². The summed E-state index contributed by atoms with van der Waals surface area (Å²) in [6, 6.07) is 12.1. The SMILES string of the molecule is CNc1cc(C(=O)NC2CC2)ccc1N1CCN(Cc2cnc3c(c2)[nH]c(=O)n2cccc32)CC1. The number of pyridine rings is 1. The van der Waals surface area contributed by atoms with Crippen LogP contribution in [0.3, 0.4) is 0 Å². The van der Waals surface area contributed by atoms with Crippen LogP contribution in [0.4, 0.5) is 11.4 Å². The van der Waals surface area contributed by atoms with Gasteiger partial charge in [0.25, 0.3) is 5.91 Å². The highest BCUT2D eigenvalue weighted by Crippen LogP contribution is 2.29. The number of amides is 1. The summed E-state index contributed by atoms with van der Waals surface area (Å²) in [4.78, 5) is 37.1. The van der Waals surface area contributed by atoms with Crippen LogP contribution in [0.2, 0.25) is 0 Å². The average Bonchev–Trinajstić information content (AvgIpc) is 3.54. The van der Waals surface area contributed by atoms with Gasteiger partial charge in [-0.2, -0.15) is 0 Å². The third kappa shape index (κ3) is 4.23. The molecule has 1 amide bonds. The fourth-order valence-corrected chi connectivity index (χ4v) is 4.88. The number of aromatic nitrogens is 3. The van der Waals surface area contributed by atoms with Crippen molar-refractivity contribution in [2.45, 2.75) is 25.4 Å². The first-order valence-corrected chi connectivity index (χ1v) is 12.2. The van der Waals surface area contributed by atoms with Gasteiger partial charge < -0.3 is 20.5 Å². The Morgan fingerprint density at radius 1 is 1.14 bits per heavy atom. The van der Waals surface area contributed by atoms with Gasteiger partial charge in [0.05, 0.1) is 22.4 Å². The maximum atomic E-state index is 12.4. The average molecular weight is 472 g/mol. The quantitative estimate of drug-likeness (QED) is 0.400. The van der Waals surface area contributed by atoms with Crippen LogP contribution in [-0.2, 0) is 6.54 Å². The Balaban J connectivity index is 1.13. The summed E-state index contributed by atoms with van der Waals surface area (Å²) < 4.78 is 1.58. The topological polar surface area (TPSA) is 97.8 Å². The smallest absolute Gasteiger partial charge is 0.330 e. The van der Waals surface area contributed by atoms with E-state index in [1.54, 1.807) is 10.6 Å². The summed E-state index contributed by atoms with van der Waals surface area (Å²) in [5, 5.41) is 6.32. The number of aromatic amines is 1. The third-order valence-corrected chi connectivity index (χ3v) is 6.96.